The molecule has 1 fully saturated rings. The number of hydrogen-bond acceptors (Lipinski definition) is 4. The summed E-state index contributed by atoms with van der Waals surface area (Å²) >= 11 is 3.32. The third-order valence-corrected chi connectivity index (χ3v) is 3.06. The van der Waals surface area contributed by atoms with Crippen molar-refractivity contribution in [1.82, 2.24) is 0 Å². The van der Waals surface area contributed by atoms with Crippen LogP contribution in [0.2, 0.25) is 0 Å². The Morgan fingerprint density at radius 1 is 1.59 bits per heavy atom. The first-order valence-electron chi connectivity index (χ1n) is 5.16. The molecule has 0 spiro atoms. The van der Waals surface area contributed by atoms with Crippen molar-refractivity contribution >= 4 is 21.9 Å². The van der Waals surface area contributed by atoms with Gasteiger partial charge < -0.3 is 9.47 Å². The van der Waals surface area contributed by atoms with Crippen molar-refractivity contribution in [3.05, 3.63) is 34.3 Å². The predicted octanol–water partition coefficient (Wildman–Crippen LogP) is 2.35. The molecule has 88 valence electrons. The topological polar surface area (TPSA) is 62.6 Å². The summed E-state index contributed by atoms with van der Waals surface area (Å²) in [5.74, 6) is -0.615. The van der Waals surface area contributed by atoms with Gasteiger partial charge in [0.1, 0.15) is 12.2 Å². The maximum absolute atomic E-state index is 11.6. The van der Waals surface area contributed by atoms with Gasteiger partial charge in [0.2, 0.25) is 0 Å². The first kappa shape index (κ1) is 12.1. The van der Waals surface area contributed by atoms with Crippen LogP contribution in [0.15, 0.2) is 28.7 Å². The molecule has 0 saturated carbocycles. The van der Waals surface area contributed by atoms with E-state index >= 15 is 0 Å². The molecule has 2 unspecified atom stereocenters. The van der Waals surface area contributed by atoms with Crippen LogP contribution in [0.5, 0.6) is 0 Å². The third kappa shape index (κ3) is 2.06. The molecule has 0 radical (unpaired) electrons. The average molecular weight is 296 g/mol. The Morgan fingerprint density at radius 3 is 2.76 bits per heavy atom. The summed E-state index contributed by atoms with van der Waals surface area (Å²) in [5.41, 5.74) is -0.660. The molecule has 1 aliphatic rings. The second kappa shape index (κ2) is 4.47. The number of rotatable bonds is 3. The van der Waals surface area contributed by atoms with Gasteiger partial charge in [0.05, 0.1) is 6.61 Å². The van der Waals surface area contributed by atoms with Crippen LogP contribution >= 0.6 is 15.9 Å². The number of benzene rings is 1. The maximum atomic E-state index is 11.6. The largest absolute Gasteiger partial charge is 0.463 e. The summed E-state index contributed by atoms with van der Waals surface area (Å²) in [6.07, 6.45) is -0.528. The van der Waals surface area contributed by atoms with Crippen LogP contribution in [0.4, 0.5) is 0 Å². The molecule has 4 nitrogen and oxygen atoms in total. The van der Waals surface area contributed by atoms with E-state index in [0.29, 0.717) is 0 Å². The molecule has 2 rings (SSSR count). The number of carbonyl (C=O) groups is 1. The monoisotopic (exact) mass is 295 g/mol. The number of halogens is 1. The SMILES string of the molecule is CCOC(=O)C1(C#N)OC1c1ccc(Br)cc1. The quantitative estimate of drug-likeness (QED) is 0.634. The Labute approximate surface area is 107 Å². The Balaban J connectivity index is 2.19. The van der Waals surface area contributed by atoms with Crippen LogP contribution in [-0.4, -0.2) is 18.2 Å². The van der Waals surface area contributed by atoms with E-state index in [-0.39, 0.29) is 6.61 Å². The Kier molecular flexibility index (Phi) is 3.18. The van der Waals surface area contributed by atoms with Crippen molar-refractivity contribution in [2.75, 3.05) is 6.61 Å². The molecule has 1 aromatic carbocycles. The van der Waals surface area contributed by atoms with E-state index in [1.807, 2.05) is 30.3 Å². The van der Waals surface area contributed by atoms with Crippen molar-refractivity contribution in [3.63, 3.8) is 0 Å². The summed E-state index contributed by atoms with van der Waals surface area (Å²) in [4.78, 5) is 11.6. The van der Waals surface area contributed by atoms with Gasteiger partial charge >= 0.3 is 5.97 Å². The van der Waals surface area contributed by atoms with Crippen molar-refractivity contribution in [2.45, 2.75) is 18.6 Å². The number of epoxide rings is 1. The molecule has 0 N–H and O–H groups in total. The summed E-state index contributed by atoms with van der Waals surface area (Å²) in [6, 6.07) is 9.19. The Bertz CT molecular complexity index is 480. The lowest BCUT2D eigenvalue weighted by Crippen LogP contribution is -2.26. The van der Waals surface area contributed by atoms with Gasteiger partial charge in [-0.05, 0) is 24.6 Å². The van der Waals surface area contributed by atoms with Crippen molar-refractivity contribution < 1.29 is 14.3 Å². The molecule has 5 heteroatoms. The Hall–Kier alpha value is -1.38. The highest BCUT2D eigenvalue weighted by molar-refractivity contribution is 9.10. The van der Waals surface area contributed by atoms with Gasteiger partial charge in [-0.1, -0.05) is 28.1 Å². The number of ether oxygens (including phenoxy) is 2. The molecule has 0 bridgehead atoms. The molecular weight excluding hydrogens is 286 g/mol. The zero-order valence-electron chi connectivity index (χ0n) is 9.14. The zero-order chi connectivity index (χ0) is 12.5. The van der Waals surface area contributed by atoms with Crippen LogP contribution < -0.4 is 0 Å². The van der Waals surface area contributed by atoms with E-state index in [9.17, 15) is 4.79 Å². The molecule has 2 atom stereocenters. The fourth-order valence-corrected chi connectivity index (χ4v) is 1.88. The summed E-state index contributed by atoms with van der Waals surface area (Å²) in [7, 11) is 0. The van der Waals surface area contributed by atoms with Crippen molar-refractivity contribution in [1.29, 1.82) is 5.26 Å². The van der Waals surface area contributed by atoms with E-state index in [0.717, 1.165) is 10.0 Å². The molecular formula is C12H10BrNO3. The van der Waals surface area contributed by atoms with E-state index in [4.69, 9.17) is 14.7 Å². The van der Waals surface area contributed by atoms with E-state index in [1.165, 1.54) is 0 Å². The van der Waals surface area contributed by atoms with E-state index in [1.54, 1.807) is 6.92 Å². The molecule has 17 heavy (non-hydrogen) atoms. The standard InChI is InChI=1S/C12H10BrNO3/c1-2-16-11(15)12(7-14)10(17-12)8-3-5-9(13)6-4-8/h3-6,10H,2H2,1H3. The lowest BCUT2D eigenvalue weighted by atomic mass is 10.0. The van der Waals surface area contributed by atoms with E-state index < -0.39 is 17.7 Å². The van der Waals surface area contributed by atoms with Gasteiger partial charge in [-0.15, -0.1) is 0 Å². The summed E-state index contributed by atoms with van der Waals surface area (Å²) < 4.78 is 11.0. The van der Waals surface area contributed by atoms with Crippen LogP contribution in [0.3, 0.4) is 0 Å². The molecule has 0 aromatic heterocycles. The highest BCUT2D eigenvalue weighted by Gasteiger charge is 2.66. The van der Waals surface area contributed by atoms with Crippen LogP contribution in [0.25, 0.3) is 0 Å². The molecule has 1 aromatic rings. The summed E-state index contributed by atoms with van der Waals surface area (Å²) in [5, 5.41) is 9.05. The number of carbonyl (C=O) groups excluding carboxylic acids is 1. The molecule has 1 aliphatic heterocycles. The fraction of sp³-hybridized carbons (Fsp3) is 0.333. The van der Waals surface area contributed by atoms with Gasteiger partial charge in [0.25, 0.3) is 5.60 Å². The number of nitrogens with zero attached hydrogens (tertiary/aromatic N) is 1. The highest BCUT2D eigenvalue weighted by atomic mass is 79.9. The molecule has 0 amide bonds. The second-order valence-electron chi connectivity index (χ2n) is 3.62. The normalized spacial score (nSPS) is 26.1. The molecule has 1 heterocycles. The summed E-state index contributed by atoms with van der Waals surface area (Å²) in [6.45, 7) is 1.93. The van der Waals surface area contributed by atoms with Gasteiger partial charge in [0, 0.05) is 4.47 Å². The maximum Gasteiger partial charge on any atom is 0.356 e. The van der Waals surface area contributed by atoms with Crippen molar-refractivity contribution in [3.8, 4) is 6.07 Å². The number of esters is 1. The smallest absolute Gasteiger partial charge is 0.356 e. The minimum atomic E-state index is -1.45. The minimum absolute atomic E-state index is 0.235. The highest BCUT2D eigenvalue weighted by Crippen LogP contribution is 2.50. The van der Waals surface area contributed by atoms with Gasteiger partial charge in [-0.2, -0.15) is 5.26 Å². The van der Waals surface area contributed by atoms with Gasteiger partial charge in [-0.3, -0.25) is 0 Å². The van der Waals surface area contributed by atoms with Crippen LogP contribution in [-0.2, 0) is 14.3 Å². The first-order chi connectivity index (χ1) is 8.14. The zero-order valence-corrected chi connectivity index (χ0v) is 10.7. The van der Waals surface area contributed by atoms with Gasteiger partial charge in [0.15, 0.2) is 0 Å². The number of hydrogen-bond donors (Lipinski definition) is 0. The lowest BCUT2D eigenvalue weighted by Gasteiger charge is -2.03. The second-order valence-corrected chi connectivity index (χ2v) is 4.53. The Morgan fingerprint density at radius 2 is 2.24 bits per heavy atom. The van der Waals surface area contributed by atoms with Crippen molar-refractivity contribution in [2.24, 2.45) is 0 Å². The minimum Gasteiger partial charge on any atom is -0.463 e. The number of nitriles is 1. The lowest BCUT2D eigenvalue weighted by molar-refractivity contribution is -0.147. The molecule has 1 saturated heterocycles. The third-order valence-electron chi connectivity index (χ3n) is 2.53. The fourth-order valence-electron chi connectivity index (χ4n) is 1.62. The van der Waals surface area contributed by atoms with E-state index in [2.05, 4.69) is 15.9 Å². The van der Waals surface area contributed by atoms with Crippen LogP contribution in [0.1, 0.15) is 18.6 Å². The van der Waals surface area contributed by atoms with Gasteiger partial charge in [-0.25, -0.2) is 4.79 Å². The predicted molar refractivity (Wildman–Crippen MR) is 62.9 cm³/mol. The first-order valence-corrected chi connectivity index (χ1v) is 5.95. The molecule has 0 aliphatic carbocycles. The van der Waals surface area contributed by atoms with Crippen LogP contribution in [0, 0.1) is 11.3 Å². The average Bonchev–Trinajstić information content (AvgIpc) is 3.06.